The van der Waals surface area contributed by atoms with Gasteiger partial charge in [0.15, 0.2) is 0 Å². The molecular weight excluding hydrogens is 398 g/mol. The largest absolute Gasteiger partial charge is 0.334 e. The summed E-state index contributed by atoms with van der Waals surface area (Å²) in [5.41, 5.74) is 2.05. The number of benzene rings is 2. The predicted octanol–water partition coefficient (Wildman–Crippen LogP) is 4.14. The number of amides is 2. The smallest absolute Gasteiger partial charge is 0.319 e. The molecule has 1 heterocycles. The first-order valence-corrected chi connectivity index (χ1v) is 11.1. The van der Waals surface area contributed by atoms with Crippen molar-refractivity contribution in [1.82, 2.24) is 9.62 Å². The van der Waals surface area contributed by atoms with E-state index in [-0.39, 0.29) is 11.4 Å². The first kappa shape index (κ1) is 20.6. The van der Waals surface area contributed by atoms with E-state index in [1.807, 2.05) is 13.0 Å². The summed E-state index contributed by atoms with van der Waals surface area (Å²) in [6, 6.07) is 11.6. The highest BCUT2D eigenvalue weighted by atomic mass is 35.5. The number of aryl methyl sites for hydroxylation is 1. The fourth-order valence-electron chi connectivity index (χ4n) is 3.17. The van der Waals surface area contributed by atoms with Crippen molar-refractivity contribution >= 4 is 33.3 Å². The minimum Gasteiger partial charge on any atom is -0.334 e. The van der Waals surface area contributed by atoms with Crippen LogP contribution in [0, 0.1) is 6.92 Å². The maximum Gasteiger partial charge on any atom is 0.319 e. The van der Waals surface area contributed by atoms with Crippen molar-refractivity contribution in [3.8, 4) is 0 Å². The van der Waals surface area contributed by atoms with E-state index in [9.17, 15) is 13.2 Å². The molecule has 8 heteroatoms. The Bertz CT molecular complexity index is 957. The lowest BCUT2D eigenvalue weighted by Crippen LogP contribution is -2.36. The van der Waals surface area contributed by atoms with E-state index in [0.29, 0.717) is 29.4 Å². The summed E-state index contributed by atoms with van der Waals surface area (Å²) < 4.78 is 27.5. The van der Waals surface area contributed by atoms with Crippen LogP contribution in [0.1, 0.15) is 30.4 Å². The minimum absolute atomic E-state index is 0.106. The molecule has 6 nitrogen and oxygen atoms in total. The van der Waals surface area contributed by atoms with Crippen LogP contribution in [0.4, 0.5) is 10.5 Å². The molecule has 0 aromatic heterocycles. The lowest BCUT2D eigenvalue weighted by molar-refractivity contribution is 0.251. The third kappa shape index (κ3) is 4.84. The molecule has 0 unspecified atom stereocenters. The van der Waals surface area contributed by atoms with Gasteiger partial charge in [0.2, 0.25) is 10.0 Å². The number of hydrogen-bond acceptors (Lipinski definition) is 3. The molecular formula is C20H24ClN3O3S. The summed E-state index contributed by atoms with van der Waals surface area (Å²) in [5.74, 6) is 0. The molecule has 3 rings (SSSR count). The molecule has 0 radical (unpaired) electrons. The van der Waals surface area contributed by atoms with Gasteiger partial charge in [-0.2, -0.15) is 4.31 Å². The topological polar surface area (TPSA) is 78.5 Å². The summed E-state index contributed by atoms with van der Waals surface area (Å²) >= 11 is 6.07. The Morgan fingerprint density at radius 3 is 2.54 bits per heavy atom. The van der Waals surface area contributed by atoms with Gasteiger partial charge in [-0.3, -0.25) is 0 Å². The van der Waals surface area contributed by atoms with Crippen LogP contribution in [0.2, 0.25) is 5.02 Å². The molecule has 150 valence electrons. The third-order valence-electron chi connectivity index (χ3n) is 4.77. The first-order valence-electron chi connectivity index (χ1n) is 9.27. The van der Waals surface area contributed by atoms with Crippen LogP contribution in [0.5, 0.6) is 0 Å². The number of sulfonamides is 1. The van der Waals surface area contributed by atoms with E-state index in [1.165, 1.54) is 4.31 Å². The number of rotatable bonds is 5. The molecule has 2 amide bonds. The van der Waals surface area contributed by atoms with Crippen LogP contribution in [-0.4, -0.2) is 31.8 Å². The van der Waals surface area contributed by atoms with Crippen LogP contribution in [0.25, 0.3) is 0 Å². The Balaban J connectivity index is 1.69. The number of nitrogens with one attached hydrogen (secondary N) is 2. The number of urea groups is 1. The molecule has 0 aliphatic carbocycles. The van der Waals surface area contributed by atoms with Crippen LogP contribution < -0.4 is 10.6 Å². The van der Waals surface area contributed by atoms with Gasteiger partial charge in [-0.25, -0.2) is 13.2 Å². The number of piperidine rings is 1. The fraction of sp³-hybridized carbons (Fsp3) is 0.350. The van der Waals surface area contributed by atoms with E-state index in [4.69, 9.17) is 11.6 Å². The zero-order chi connectivity index (χ0) is 20.1. The molecule has 2 aromatic carbocycles. The number of halogens is 1. The van der Waals surface area contributed by atoms with Crippen LogP contribution in [0.15, 0.2) is 47.4 Å². The quantitative estimate of drug-likeness (QED) is 0.761. The van der Waals surface area contributed by atoms with Gasteiger partial charge < -0.3 is 10.6 Å². The molecule has 0 spiro atoms. The monoisotopic (exact) mass is 421 g/mol. The Labute approximate surface area is 170 Å². The molecule has 28 heavy (non-hydrogen) atoms. The van der Waals surface area contributed by atoms with Crippen molar-refractivity contribution < 1.29 is 13.2 Å². The Kier molecular flexibility index (Phi) is 6.59. The Hall–Kier alpha value is -2.09. The van der Waals surface area contributed by atoms with Crippen molar-refractivity contribution in [3.05, 3.63) is 58.6 Å². The fourth-order valence-corrected chi connectivity index (χ4v) is 5.09. The molecule has 0 atom stereocenters. The van der Waals surface area contributed by atoms with E-state index in [0.717, 1.165) is 24.8 Å². The molecule has 2 aromatic rings. The zero-order valence-corrected chi connectivity index (χ0v) is 17.3. The molecule has 0 saturated carbocycles. The second kappa shape index (κ2) is 8.94. The van der Waals surface area contributed by atoms with E-state index < -0.39 is 16.1 Å². The van der Waals surface area contributed by atoms with Gasteiger partial charge in [0.05, 0.1) is 4.90 Å². The summed E-state index contributed by atoms with van der Waals surface area (Å²) in [7, 11) is -3.57. The van der Waals surface area contributed by atoms with Gasteiger partial charge in [0.25, 0.3) is 0 Å². The summed E-state index contributed by atoms with van der Waals surface area (Å²) in [5, 5.41) is 5.99. The average Bonchev–Trinajstić information content (AvgIpc) is 2.70. The zero-order valence-electron chi connectivity index (χ0n) is 15.7. The van der Waals surface area contributed by atoms with Crippen LogP contribution >= 0.6 is 11.6 Å². The third-order valence-corrected chi connectivity index (χ3v) is 7.18. The highest BCUT2D eigenvalue weighted by Gasteiger charge is 2.27. The van der Waals surface area contributed by atoms with Crippen LogP contribution in [-0.2, 0) is 16.6 Å². The molecule has 1 fully saturated rings. The Morgan fingerprint density at radius 1 is 1.11 bits per heavy atom. The van der Waals surface area contributed by atoms with Gasteiger partial charge in [0, 0.05) is 30.3 Å². The molecule has 1 aliphatic rings. The first-order chi connectivity index (χ1) is 13.4. The maximum absolute atomic E-state index is 13.0. The van der Waals surface area contributed by atoms with Crippen molar-refractivity contribution in [2.45, 2.75) is 37.6 Å². The van der Waals surface area contributed by atoms with Crippen LogP contribution in [0.3, 0.4) is 0 Å². The standard InChI is InChI=1S/C20H24ClN3O3S/c1-15-9-10-17(13-18(15)21)23-20(25)22-14-16-7-3-4-8-19(16)28(26,27)24-11-5-2-6-12-24/h3-4,7-10,13H,2,5-6,11-12,14H2,1H3,(H2,22,23,25). The SMILES string of the molecule is Cc1ccc(NC(=O)NCc2ccccc2S(=O)(=O)N2CCCCC2)cc1Cl. The predicted molar refractivity (Wildman–Crippen MR) is 111 cm³/mol. The number of anilines is 1. The normalized spacial score (nSPS) is 15.2. The molecule has 2 N–H and O–H groups in total. The number of nitrogens with zero attached hydrogens (tertiary/aromatic N) is 1. The van der Waals surface area contributed by atoms with E-state index >= 15 is 0 Å². The molecule has 1 saturated heterocycles. The second-order valence-electron chi connectivity index (χ2n) is 6.84. The average molecular weight is 422 g/mol. The van der Waals surface area contributed by atoms with Gasteiger partial charge >= 0.3 is 6.03 Å². The van der Waals surface area contributed by atoms with Gasteiger partial charge in [-0.05, 0) is 49.1 Å². The van der Waals surface area contributed by atoms with E-state index in [1.54, 1.807) is 36.4 Å². The number of carbonyl (C=O) groups is 1. The summed E-state index contributed by atoms with van der Waals surface area (Å²) in [6.07, 6.45) is 2.81. The lowest BCUT2D eigenvalue weighted by Gasteiger charge is -2.26. The lowest BCUT2D eigenvalue weighted by atomic mass is 10.2. The van der Waals surface area contributed by atoms with Gasteiger partial charge in [-0.1, -0.05) is 42.3 Å². The van der Waals surface area contributed by atoms with Gasteiger partial charge in [-0.15, -0.1) is 0 Å². The molecule has 1 aliphatic heterocycles. The van der Waals surface area contributed by atoms with Gasteiger partial charge in [0.1, 0.15) is 0 Å². The molecule has 0 bridgehead atoms. The Morgan fingerprint density at radius 2 is 1.82 bits per heavy atom. The van der Waals surface area contributed by atoms with Crippen molar-refractivity contribution in [1.29, 1.82) is 0 Å². The highest BCUT2D eigenvalue weighted by molar-refractivity contribution is 7.89. The minimum atomic E-state index is -3.57. The van der Waals surface area contributed by atoms with E-state index in [2.05, 4.69) is 10.6 Å². The number of hydrogen-bond donors (Lipinski definition) is 2. The summed E-state index contributed by atoms with van der Waals surface area (Å²) in [6.45, 7) is 3.07. The van der Waals surface area contributed by atoms with Crippen molar-refractivity contribution in [2.75, 3.05) is 18.4 Å². The maximum atomic E-state index is 13.0. The van der Waals surface area contributed by atoms with Crippen molar-refractivity contribution in [3.63, 3.8) is 0 Å². The summed E-state index contributed by atoms with van der Waals surface area (Å²) in [4.78, 5) is 12.5. The highest BCUT2D eigenvalue weighted by Crippen LogP contribution is 2.24. The number of carbonyl (C=O) groups excluding carboxylic acids is 1. The van der Waals surface area contributed by atoms with Crippen molar-refractivity contribution in [2.24, 2.45) is 0 Å². The second-order valence-corrected chi connectivity index (χ2v) is 9.16.